The zero-order valence-electron chi connectivity index (χ0n) is 13.5. The molecule has 128 valence electrons. The van der Waals surface area contributed by atoms with E-state index in [0.717, 1.165) is 10.1 Å². The minimum absolute atomic E-state index is 0.0976. The molecule has 0 saturated heterocycles. The molecule has 3 aromatic rings. The molecule has 0 bridgehead atoms. The van der Waals surface area contributed by atoms with Crippen LogP contribution in [0, 0.1) is 17.0 Å². The number of rotatable bonds is 3. The maximum Gasteiger partial charge on any atom is 0.353 e. The summed E-state index contributed by atoms with van der Waals surface area (Å²) in [6.45, 7) is 1.80. The van der Waals surface area contributed by atoms with Crippen LogP contribution in [0.15, 0.2) is 63.1 Å². The van der Waals surface area contributed by atoms with Crippen LogP contribution >= 0.6 is 0 Å². The van der Waals surface area contributed by atoms with Gasteiger partial charge in [0.2, 0.25) is 9.84 Å². The van der Waals surface area contributed by atoms with Crippen molar-refractivity contribution >= 4 is 26.4 Å². The number of aryl methyl sites for hydroxylation is 2. The number of hydrogen-bond donors (Lipinski definition) is 0. The van der Waals surface area contributed by atoms with Gasteiger partial charge in [-0.25, -0.2) is 8.42 Å². The zero-order chi connectivity index (χ0) is 18.4. The third-order valence-electron chi connectivity index (χ3n) is 4.01. The molecule has 0 atom stereocenters. The van der Waals surface area contributed by atoms with Gasteiger partial charge in [0, 0.05) is 12.4 Å². The van der Waals surface area contributed by atoms with Crippen molar-refractivity contribution in [3.63, 3.8) is 0 Å². The molecule has 1 aromatic heterocycles. The molecule has 0 amide bonds. The first-order chi connectivity index (χ1) is 11.7. The highest BCUT2D eigenvalue weighted by atomic mass is 32.2. The highest BCUT2D eigenvalue weighted by Gasteiger charge is 2.34. The Labute approximate surface area is 143 Å². The summed E-state index contributed by atoms with van der Waals surface area (Å²) < 4.78 is 27.3. The van der Waals surface area contributed by atoms with Crippen LogP contribution in [-0.4, -0.2) is 17.9 Å². The Morgan fingerprint density at radius 3 is 2.24 bits per heavy atom. The van der Waals surface area contributed by atoms with Crippen molar-refractivity contribution in [2.24, 2.45) is 7.05 Å². The Morgan fingerprint density at radius 2 is 1.64 bits per heavy atom. The van der Waals surface area contributed by atoms with Crippen LogP contribution in [0.1, 0.15) is 5.56 Å². The van der Waals surface area contributed by atoms with Crippen LogP contribution < -0.4 is 5.56 Å². The number of fused-ring (bicyclic) bond motifs is 1. The number of aromatic nitrogens is 1. The first-order valence-electron chi connectivity index (χ1n) is 7.33. The predicted molar refractivity (Wildman–Crippen MR) is 92.5 cm³/mol. The minimum Gasteiger partial charge on any atom is -0.305 e. The van der Waals surface area contributed by atoms with E-state index < -0.39 is 30.9 Å². The van der Waals surface area contributed by atoms with Crippen molar-refractivity contribution in [3.05, 3.63) is 74.6 Å². The van der Waals surface area contributed by atoms with E-state index in [1.54, 1.807) is 37.3 Å². The van der Waals surface area contributed by atoms with Crippen LogP contribution in [0.4, 0.5) is 5.69 Å². The molecule has 0 aliphatic carbocycles. The molecule has 0 saturated carbocycles. The number of pyridine rings is 1. The number of sulfone groups is 1. The summed E-state index contributed by atoms with van der Waals surface area (Å²) in [7, 11) is -2.88. The number of hydrogen-bond acceptors (Lipinski definition) is 5. The van der Waals surface area contributed by atoms with Crippen molar-refractivity contribution in [3.8, 4) is 0 Å². The monoisotopic (exact) mass is 358 g/mol. The predicted octanol–water partition coefficient (Wildman–Crippen LogP) is 2.59. The molecule has 2 aromatic carbocycles. The van der Waals surface area contributed by atoms with Crippen LogP contribution in [0.2, 0.25) is 0 Å². The second-order valence-electron chi connectivity index (χ2n) is 5.63. The van der Waals surface area contributed by atoms with E-state index in [2.05, 4.69) is 0 Å². The molecular formula is C17H14N2O5S. The van der Waals surface area contributed by atoms with Gasteiger partial charge in [0.1, 0.15) is 0 Å². The molecular weight excluding hydrogens is 344 g/mol. The summed E-state index contributed by atoms with van der Waals surface area (Å²) in [4.78, 5) is 22.3. The van der Waals surface area contributed by atoms with Crippen LogP contribution in [0.3, 0.4) is 0 Å². The average Bonchev–Trinajstić information content (AvgIpc) is 2.57. The first kappa shape index (κ1) is 16.8. The molecule has 0 spiro atoms. The van der Waals surface area contributed by atoms with Gasteiger partial charge in [-0.05, 0) is 25.1 Å². The van der Waals surface area contributed by atoms with Crippen LogP contribution in [0.25, 0.3) is 10.9 Å². The molecule has 0 radical (unpaired) electrons. The van der Waals surface area contributed by atoms with E-state index in [1.165, 1.54) is 25.2 Å². The molecule has 0 N–H and O–H groups in total. The molecule has 0 aliphatic rings. The van der Waals surface area contributed by atoms with E-state index in [4.69, 9.17) is 0 Å². The summed E-state index contributed by atoms with van der Waals surface area (Å²) in [5.74, 6) is 0. The molecule has 8 heteroatoms. The van der Waals surface area contributed by atoms with Gasteiger partial charge >= 0.3 is 11.2 Å². The summed E-state index contributed by atoms with van der Waals surface area (Å²) in [6, 6.07) is 12.2. The highest BCUT2D eigenvalue weighted by Crippen LogP contribution is 2.33. The van der Waals surface area contributed by atoms with Crippen molar-refractivity contribution in [2.45, 2.75) is 16.7 Å². The Hall–Kier alpha value is -3.00. The normalized spacial score (nSPS) is 11.6. The van der Waals surface area contributed by atoms with Gasteiger partial charge in [-0.2, -0.15) is 0 Å². The van der Waals surface area contributed by atoms with Gasteiger partial charge in [0.15, 0.2) is 4.90 Å². The maximum absolute atomic E-state index is 13.1. The second kappa shape index (κ2) is 5.82. The Morgan fingerprint density at radius 1 is 1.04 bits per heavy atom. The van der Waals surface area contributed by atoms with E-state index in [9.17, 15) is 23.3 Å². The standard InChI is InChI=1S/C17H14N2O5S/c1-11-7-9-12(10-8-11)25(23,24)16-13-5-3-4-6-14(13)18(2)17(20)15(16)19(21)22/h3-10H,1-2H3. The number of benzene rings is 2. The summed E-state index contributed by atoms with van der Waals surface area (Å²) in [5, 5.41) is 11.6. The lowest BCUT2D eigenvalue weighted by atomic mass is 10.2. The SMILES string of the molecule is Cc1ccc(S(=O)(=O)c2c([N+](=O)[O-])c(=O)n(C)c3ccccc23)cc1. The zero-order valence-corrected chi connectivity index (χ0v) is 14.3. The van der Waals surface area contributed by atoms with Crippen molar-refractivity contribution in [1.82, 2.24) is 4.57 Å². The molecule has 25 heavy (non-hydrogen) atoms. The van der Waals surface area contributed by atoms with E-state index in [0.29, 0.717) is 5.52 Å². The number of nitro groups is 1. The lowest BCUT2D eigenvalue weighted by Crippen LogP contribution is -2.24. The average molecular weight is 358 g/mol. The molecule has 0 aliphatic heterocycles. The summed E-state index contributed by atoms with van der Waals surface area (Å²) >= 11 is 0. The van der Waals surface area contributed by atoms with Crippen LogP contribution in [0.5, 0.6) is 0 Å². The smallest absolute Gasteiger partial charge is 0.305 e. The first-order valence-corrected chi connectivity index (χ1v) is 8.81. The molecule has 7 nitrogen and oxygen atoms in total. The largest absolute Gasteiger partial charge is 0.353 e. The topological polar surface area (TPSA) is 99.3 Å². The van der Waals surface area contributed by atoms with Gasteiger partial charge in [0.05, 0.1) is 15.3 Å². The van der Waals surface area contributed by atoms with Crippen molar-refractivity contribution in [1.29, 1.82) is 0 Å². The number of nitrogens with zero attached hydrogens (tertiary/aromatic N) is 2. The van der Waals surface area contributed by atoms with Gasteiger partial charge < -0.3 is 4.57 Å². The van der Waals surface area contributed by atoms with Crippen molar-refractivity contribution < 1.29 is 13.3 Å². The van der Waals surface area contributed by atoms with Gasteiger partial charge in [-0.3, -0.25) is 14.9 Å². The molecule has 3 rings (SSSR count). The lowest BCUT2D eigenvalue weighted by molar-refractivity contribution is -0.389. The van der Waals surface area contributed by atoms with Gasteiger partial charge in [-0.15, -0.1) is 0 Å². The fourth-order valence-electron chi connectivity index (χ4n) is 2.72. The Bertz CT molecular complexity index is 1160. The minimum atomic E-state index is -4.25. The fourth-order valence-corrected chi connectivity index (χ4v) is 4.33. The second-order valence-corrected chi connectivity index (χ2v) is 7.52. The van der Waals surface area contributed by atoms with Gasteiger partial charge in [-0.1, -0.05) is 35.9 Å². The maximum atomic E-state index is 13.1. The Balaban J connectivity index is 2.53. The number of para-hydroxylation sites is 1. The highest BCUT2D eigenvalue weighted by molar-refractivity contribution is 7.91. The third-order valence-corrected chi connectivity index (χ3v) is 5.86. The van der Waals surface area contributed by atoms with E-state index >= 15 is 0 Å². The molecule has 0 fully saturated rings. The summed E-state index contributed by atoms with van der Waals surface area (Å²) in [5.41, 5.74) is -0.748. The van der Waals surface area contributed by atoms with E-state index in [1.807, 2.05) is 0 Å². The molecule has 1 heterocycles. The quantitative estimate of drug-likeness (QED) is 0.529. The third kappa shape index (κ3) is 2.60. The fraction of sp³-hybridized carbons (Fsp3) is 0.118. The van der Waals surface area contributed by atoms with Crippen LogP contribution in [-0.2, 0) is 16.9 Å². The lowest BCUT2D eigenvalue weighted by Gasteiger charge is -2.12. The van der Waals surface area contributed by atoms with Crippen molar-refractivity contribution in [2.75, 3.05) is 0 Å². The van der Waals surface area contributed by atoms with Gasteiger partial charge in [0.25, 0.3) is 0 Å². The summed E-state index contributed by atoms with van der Waals surface area (Å²) in [6.07, 6.45) is 0. The Kier molecular flexibility index (Phi) is 3.92. The van der Waals surface area contributed by atoms with E-state index in [-0.39, 0.29) is 10.3 Å². The molecule has 0 unspecified atom stereocenters.